The van der Waals surface area contributed by atoms with Crippen LogP contribution in [0, 0.1) is 0 Å². The van der Waals surface area contributed by atoms with Crippen LogP contribution in [0.3, 0.4) is 0 Å². The molecule has 1 unspecified atom stereocenters. The minimum Gasteiger partial charge on any atom is -0.334 e. The second kappa shape index (κ2) is 5.69. The molecule has 6 nitrogen and oxygen atoms in total. The Morgan fingerprint density at radius 1 is 1.47 bits per heavy atom. The van der Waals surface area contributed by atoms with E-state index in [1.807, 2.05) is 18.7 Å². The highest BCUT2D eigenvalue weighted by Gasteiger charge is 2.27. The van der Waals surface area contributed by atoms with Crippen molar-refractivity contribution in [1.29, 1.82) is 0 Å². The first kappa shape index (κ1) is 14.0. The van der Waals surface area contributed by atoms with Crippen LogP contribution in [-0.2, 0) is 0 Å². The van der Waals surface area contributed by atoms with Crippen LogP contribution in [0.4, 0.5) is 0 Å². The molecular weight excluding hydrogens is 242 g/mol. The minimum absolute atomic E-state index is 0.0605. The lowest BCUT2D eigenvalue weighted by Gasteiger charge is -2.35. The molecular formula is C13H23N5O. The number of nitrogens with one attached hydrogen (secondary N) is 1. The molecule has 6 heteroatoms. The molecule has 1 aliphatic heterocycles. The van der Waals surface area contributed by atoms with E-state index in [1.54, 1.807) is 0 Å². The summed E-state index contributed by atoms with van der Waals surface area (Å²) >= 11 is 0. The molecule has 1 N–H and O–H groups in total. The Morgan fingerprint density at radius 2 is 2.21 bits per heavy atom. The molecule has 1 amide bonds. The van der Waals surface area contributed by atoms with Crippen molar-refractivity contribution in [1.82, 2.24) is 25.0 Å². The summed E-state index contributed by atoms with van der Waals surface area (Å²) in [6.45, 7) is 5.61. The number of likely N-dealkylation sites (tertiary alicyclic amines) is 1. The molecule has 1 fully saturated rings. The van der Waals surface area contributed by atoms with E-state index in [1.165, 1.54) is 0 Å². The van der Waals surface area contributed by atoms with Crippen molar-refractivity contribution in [2.75, 3.05) is 27.2 Å². The van der Waals surface area contributed by atoms with Crippen LogP contribution in [0.2, 0.25) is 0 Å². The molecule has 0 aliphatic carbocycles. The molecule has 1 atom stereocenters. The fourth-order valence-electron chi connectivity index (χ4n) is 2.33. The third-order valence-corrected chi connectivity index (χ3v) is 3.65. The average molecular weight is 265 g/mol. The molecule has 2 rings (SSSR count). The number of aromatic nitrogens is 3. The standard InChI is InChI=1S/C13H23N5O/c1-9(2)11-14-12(16-15-11)13(19)18-7-5-6-10(8-18)17(3)4/h9-10H,5-8H2,1-4H3,(H,14,15,16). The van der Waals surface area contributed by atoms with Gasteiger partial charge in [-0.3, -0.25) is 9.89 Å². The van der Waals surface area contributed by atoms with Crippen LogP contribution >= 0.6 is 0 Å². The maximum Gasteiger partial charge on any atom is 0.293 e. The van der Waals surface area contributed by atoms with Gasteiger partial charge in [0, 0.05) is 25.0 Å². The van der Waals surface area contributed by atoms with Gasteiger partial charge in [0.05, 0.1) is 0 Å². The Kier molecular flexibility index (Phi) is 4.19. The Balaban J connectivity index is 2.06. The summed E-state index contributed by atoms with van der Waals surface area (Å²) in [5, 5.41) is 6.88. The van der Waals surface area contributed by atoms with Gasteiger partial charge in [0.1, 0.15) is 5.82 Å². The Bertz CT molecular complexity index is 440. The van der Waals surface area contributed by atoms with Gasteiger partial charge in [-0.1, -0.05) is 13.8 Å². The number of carbonyl (C=O) groups excluding carboxylic acids is 1. The van der Waals surface area contributed by atoms with Crippen molar-refractivity contribution in [3.8, 4) is 0 Å². The highest BCUT2D eigenvalue weighted by Crippen LogP contribution is 2.16. The maximum atomic E-state index is 12.4. The number of aromatic amines is 1. The van der Waals surface area contributed by atoms with Gasteiger partial charge in [0.2, 0.25) is 5.82 Å². The van der Waals surface area contributed by atoms with Crippen LogP contribution in [0.15, 0.2) is 0 Å². The molecule has 1 aliphatic rings. The van der Waals surface area contributed by atoms with E-state index < -0.39 is 0 Å². The van der Waals surface area contributed by atoms with Crippen molar-refractivity contribution in [3.63, 3.8) is 0 Å². The molecule has 1 saturated heterocycles. The van der Waals surface area contributed by atoms with Crippen molar-refractivity contribution >= 4 is 5.91 Å². The molecule has 0 radical (unpaired) electrons. The second-order valence-corrected chi connectivity index (χ2v) is 5.71. The summed E-state index contributed by atoms with van der Waals surface area (Å²) in [6, 6.07) is 0.432. The Labute approximate surface area is 114 Å². The number of nitrogens with zero attached hydrogens (tertiary/aromatic N) is 4. The smallest absolute Gasteiger partial charge is 0.293 e. The predicted octanol–water partition coefficient (Wildman–Crippen LogP) is 1.09. The molecule has 0 bridgehead atoms. The topological polar surface area (TPSA) is 65.1 Å². The molecule has 106 valence electrons. The predicted molar refractivity (Wildman–Crippen MR) is 73.1 cm³/mol. The SMILES string of the molecule is CC(C)c1nc(C(=O)N2CCCC(N(C)C)C2)n[nH]1. The number of amides is 1. The summed E-state index contributed by atoms with van der Waals surface area (Å²) in [6.07, 6.45) is 2.18. The fourth-order valence-corrected chi connectivity index (χ4v) is 2.33. The van der Waals surface area contributed by atoms with Crippen LogP contribution in [0.5, 0.6) is 0 Å². The van der Waals surface area contributed by atoms with E-state index in [-0.39, 0.29) is 11.8 Å². The number of piperidine rings is 1. The number of carbonyl (C=O) groups is 1. The molecule has 19 heavy (non-hydrogen) atoms. The van der Waals surface area contributed by atoms with Gasteiger partial charge >= 0.3 is 0 Å². The first-order chi connectivity index (χ1) is 8.99. The fraction of sp³-hybridized carbons (Fsp3) is 0.769. The zero-order chi connectivity index (χ0) is 14.0. The molecule has 1 aromatic heterocycles. The molecule has 0 aromatic carbocycles. The molecule has 0 saturated carbocycles. The number of likely N-dealkylation sites (N-methyl/N-ethyl adjacent to an activating group) is 1. The van der Waals surface area contributed by atoms with Crippen LogP contribution in [0.1, 0.15) is 49.1 Å². The monoisotopic (exact) mass is 265 g/mol. The maximum absolute atomic E-state index is 12.4. The van der Waals surface area contributed by atoms with Gasteiger partial charge < -0.3 is 9.80 Å². The van der Waals surface area contributed by atoms with E-state index in [0.29, 0.717) is 11.9 Å². The summed E-state index contributed by atoms with van der Waals surface area (Å²) in [5.41, 5.74) is 0. The van der Waals surface area contributed by atoms with Gasteiger partial charge in [-0.15, -0.1) is 5.10 Å². The van der Waals surface area contributed by atoms with E-state index in [0.717, 1.165) is 31.8 Å². The van der Waals surface area contributed by atoms with Gasteiger partial charge in [0.25, 0.3) is 5.91 Å². The lowest BCUT2D eigenvalue weighted by atomic mass is 10.0. The minimum atomic E-state index is -0.0605. The van der Waals surface area contributed by atoms with E-state index >= 15 is 0 Å². The van der Waals surface area contributed by atoms with E-state index in [4.69, 9.17) is 0 Å². The lowest BCUT2D eigenvalue weighted by Crippen LogP contribution is -2.47. The van der Waals surface area contributed by atoms with Crippen molar-refractivity contribution in [3.05, 3.63) is 11.6 Å². The first-order valence-corrected chi connectivity index (χ1v) is 6.87. The van der Waals surface area contributed by atoms with Crippen LogP contribution in [-0.4, -0.2) is 64.1 Å². The summed E-state index contributed by atoms with van der Waals surface area (Å²) in [4.78, 5) is 20.7. The summed E-state index contributed by atoms with van der Waals surface area (Å²) < 4.78 is 0. The number of H-pyrrole nitrogens is 1. The van der Waals surface area contributed by atoms with Crippen molar-refractivity contribution in [2.45, 2.75) is 38.6 Å². The average Bonchev–Trinajstić information content (AvgIpc) is 2.87. The number of hydrogen-bond acceptors (Lipinski definition) is 4. The molecule has 2 heterocycles. The molecule has 1 aromatic rings. The third-order valence-electron chi connectivity index (χ3n) is 3.65. The van der Waals surface area contributed by atoms with Gasteiger partial charge in [0.15, 0.2) is 0 Å². The Hall–Kier alpha value is -1.43. The van der Waals surface area contributed by atoms with Crippen LogP contribution < -0.4 is 0 Å². The zero-order valence-corrected chi connectivity index (χ0v) is 12.2. The third kappa shape index (κ3) is 3.12. The van der Waals surface area contributed by atoms with Gasteiger partial charge in [-0.05, 0) is 26.9 Å². The van der Waals surface area contributed by atoms with Crippen molar-refractivity contribution in [2.24, 2.45) is 0 Å². The van der Waals surface area contributed by atoms with E-state index in [9.17, 15) is 4.79 Å². The largest absolute Gasteiger partial charge is 0.334 e. The second-order valence-electron chi connectivity index (χ2n) is 5.71. The van der Waals surface area contributed by atoms with Crippen molar-refractivity contribution < 1.29 is 4.79 Å². The highest BCUT2D eigenvalue weighted by atomic mass is 16.2. The van der Waals surface area contributed by atoms with E-state index in [2.05, 4.69) is 34.2 Å². The first-order valence-electron chi connectivity index (χ1n) is 6.87. The zero-order valence-electron chi connectivity index (χ0n) is 12.2. The number of hydrogen-bond donors (Lipinski definition) is 1. The van der Waals surface area contributed by atoms with Gasteiger partial charge in [-0.25, -0.2) is 4.98 Å². The quantitative estimate of drug-likeness (QED) is 0.888. The Morgan fingerprint density at radius 3 is 2.79 bits per heavy atom. The normalized spacial score (nSPS) is 20.3. The van der Waals surface area contributed by atoms with Gasteiger partial charge in [-0.2, -0.15) is 0 Å². The summed E-state index contributed by atoms with van der Waals surface area (Å²) in [5.74, 6) is 1.26. The molecule has 0 spiro atoms. The van der Waals surface area contributed by atoms with Crippen LogP contribution in [0.25, 0.3) is 0 Å². The highest BCUT2D eigenvalue weighted by molar-refractivity contribution is 5.90. The lowest BCUT2D eigenvalue weighted by molar-refractivity contribution is 0.0623. The summed E-state index contributed by atoms with van der Waals surface area (Å²) in [7, 11) is 4.12. The number of rotatable bonds is 3.